The minimum Gasteiger partial charge on any atom is -0.311 e. The lowest BCUT2D eigenvalue weighted by atomic mass is 10.1. The number of hydrogen-bond donors (Lipinski definition) is 2. The van der Waals surface area contributed by atoms with E-state index >= 15 is 0 Å². The SMILES string of the molecule is CC(C)(C)NCCNCc1nnc2ccccn12. The first-order chi connectivity index (χ1) is 8.56. The Kier molecular flexibility index (Phi) is 3.93. The number of fused-ring (bicyclic) bond motifs is 1. The first kappa shape index (κ1) is 13.0. The molecule has 2 heterocycles. The van der Waals surface area contributed by atoms with Crippen molar-refractivity contribution in [3.05, 3.63) is 30.2 Å². The summed E-state index contributed by atoms with van der Waals surface area (Å²) >= 11 is 0. The fraction of sp³-hybridized carbons (Fsp3) is 0.538. The van der Waals surface area contributed by atoms with Crippen molar-refractivity contribution in [2.75, 3.05) is 13.1 Å². The first-order valence-electron chi connectivity index (χ1n) is 6.31. The van der Waals surface area contributed by atoms with E-state index in [1.807, 2.05) is 28.8 Å². The number of aromatic nitrogens is 3. The zero-order valence-electron chi connectivity index (χ0n) is 11.3. The summed E-state index contributed by atoms with van der Waals surface area (Å²) in [5, 5.41) is 15.1. The standard InChI is InChI=1S/C13H21N5/c1-13(2,3)15-8-7-14-10-12-17-16-11-6-4-5-9-18(11)12/h4-6,9,14-15H,7-8,10H2,1-3H3. The smallest absolute Gasteiger partial charge is 0.160 e. The van der Waals surface area contributed by atoms with Gasteiger partial charge in [0.15, 0.2) is 11.5 Å². The van der Waals surface area contributed by atoms with Gasteiger partial charge in [-0.3, -0.25) is 4.40 Å². The molecule has 0 aliphatic rings. The Morgan fingerprint density at radius 1 is 1.17 bits per heavy atom. The molecule has 0 fully saturated rings. The van der Waals surface area contributed by atoms with Gasteiger partial charge >= 0.3 is 0 Å². The zero-order chi connectivity index (χ0) is 13.0. The highest BCUT2D eigenvalue weighted by atomic mass is 15.3. The molecule has 2 N–H and O–H groups in total. The van der Waals surface area contributed by atoms with Gasteiger partial charge in [0.05, 0.1) is 6.54 Å². The molecule has 2 rings (SSSR count). The molecule has 2 aromatic rings. The van der Waals surface area contributed by atoms with Gasteiger partial charge in [0, 0.05) is 24.8 Å². The third-order valence-corrected chi connectivity index (χ3v) is 2.62. The molecule has 0 aliphatic carbocycles. The molecule has 0 saturated carbocycles. The van der Waals surface area contributed by atoms with Crippen molar-refractivity contribution in [2.45, 2.75) is 32.9 Å². The number of nitrogens with one attached hydrogen (secondary N) is 2. The number of rotatable bonds is 5. The molecule has 0 bridgehead atoms. The van der Waals surface area contributed by atoms with E-state index in [9.17, 15) is 0 Å². The van der Waals surface area contributed by atoms with Crippen LogP contribution in [0.4, 0.5) is 0 Å². The summed E-state index contributed by atoms with van der Waals surface area (Å²) in [6.45, 7) is 9.09. The highest BCUT2D eigenvalue weighted by molar-refractivity contribution is 5.36. The lowest BCUT2D eigenvalue weighted by molar-refractivity contribution is 0.420. The Bertz CT molecular complexity index is 497. The van der Waals surface area contributed by atoms with Crippen LogP contribution in [0, 0.1) is 0 Å². The Labute approximate surface area is 108 Å². The molecule has 98 valence electrons. The highest BCUT2D eigenvalue weighted by Gasteiger charge is 2.07. The summed E-state index contributed by atoms with van der Waals surface area (Å²) in [7, 11) is 0. The molecule has 18 heavy (non-hydrogen) atoms. The van der Waals surface area contributed by atoms with Gasteiger partial charge in [-0.05, 0) is 32.9 Å². The van der Waals surface area contributed by atoms with Crippen molar-refractivity contribution in [1.29, 1.82) is 0 Å². The van der Waals surface area contributed by atoms with E-state index in [4.69, 9.17) is 0 Å². The van der Waals surface area contributed by atoms with E-state index in [0.29, 0.717) is 0 Å². The second kappa shape index (κ2) is 5.46. The quantitative estimate of drug-likeness (QED) is 0.780. The van der Waals surface area contributed by atoms with E-state index in [2.05, 4.69) is 41.6 Å². The van der Waals surface area contributed by atoms with Crippen LogP contribution in [0.25, 0.3) is 5.65 Å². The van der Waals surface area contributed by atoms with Crippen LogP contribution in [-0.4, -0.2) is 33.2 Å². The van der Waals surface area contributed by atoms with Gasteiger partial charge in [0.2, 0.25) is 0 Å². The van der Waals surface area contributed by atoms with Gasteiger partial charge in [0.1, 0.15) is 0 Å². The van der Waals surface area contributed by atoms with Gasteiger partial charge in [-0.1, -0.05) is 6.07 Å². The average molecular weight is 247 g/mol. The first-order valence-corrected chi connectivity index (χ1v) is 6.31. The van der Waals surface area contributed by atoms with E-state index < -0.39 is 0 Å². The predicted molar refractivity (Wildman–Crippen MR) is 72.4 cm³/mol. The summed E-state index contributed by atoms with van der Waals surface area (Å²) in [5.41, 5.74) is 1.06. The van der Waals surface area contributed by atoms with Gasteiger partial charge in [0.25, 0.3) is 0 Å². The fourth-order valence-electron chi connectivity index (χ4n) is 1.74. The Morgan fingerprint density at radius 2 is 2.00 bits per heavy atom. The van der Waals surface area contributed by atoms with Gasteiger partial charge in [-0.2, -0.15) is 0 Å². The van der Waals surface area contributed by atoms with E-state index in [1.54, 1.807) is 0 Å². The molecular weight excluding hydrogens is 226 g/mol. The molecule has 0 spiro atoms. The maximum atomic E-state index is 4.17. The Morgan fingerprint density at radius 3 is 2.78 bits per heavy atom. The number of hydrogen-bond acceptors (Lipinski definition) is 4. The molecular formula is C13H21N5. The molecule has 5 heteroatoms. The lowest BCUT2D eigenvalue weighted by Gasteiger charge is -2.20. The van der Waals surface area contributed by atoms with E-state index in [-0.39, 0.29) is 5.54 Å². The van der Waals surface area contributed by atoms with Crippen LogP contribution >= 0.6 is 0 Å². The van der Waals surface area contributed by atoms with Gasteiger partial charge < -0.3 is 10.6 Å². The van der Waals surface area contributed by atoms with E-state index in [0.717, 1.165) is 31.1 Å². The third-order valence-electron chi connectivity index (χ3n) is 2.62. The van der Waals surface area contributed by atoms with Crippen LogP contribution in [0.1, 0.15) is 26.6 Å². The highest BCUT2D eigenvalue weighted by Crippen LogP contribution is 2.02. The molecule has 2 aromatic heterocycles. The van der Waals surface area contributed by atoms with Gasteiger partial charge in [-0.25, -0.2) is 0 Å². The number of nitrogens with zero attached hydrogens (tertiary/aromatic N) is 3. The van der Waals surface area contributed by atoms with Gasteiger partial charge in [-0.15, -0.1) is 10.2 Å². The summed E-state index contributed by atoms with van der Waals surface area (Å²) in [4.78, 5) is 0. The molecule has 0 radical (unpaired) electrons. The van der Waals surface area contributed by atoms with Crippen LogP contribution < -0.4 is 10.6 Å². The van der Waals surface area contributed by atoms with Crippen LogP contribution in [0.5, 0.6) is 0 Å². The third kappa shape index (κ3) is 3.51. The van der Waals surface area contributed by atoms with E-state index in [1.165, 1.54) is 0 Å². The topological polar surface area (TPSA) is 54.2 Å². The maximum Gasteiger partial charge on any atom is 0.160 e. The normalized spacial score (nSPS) is 12.2. The molecule has 0 atom stereocenters. The molecule has 0 aromatic carbocycles. The molecule has 0 saturated heterocycles. The average Bonchev–Trinajstić information content (AvgIpc) is 2.71. The van der Waals surface area contributed by atoms with Crippen molar-refractivity contribution in [3.8, 4) is 0 Å². The molecule has 5 nitrogen and oxygen atoms in total. The Balaban J connectivity index is 1.80. The zero-order valence-corrected chi connectivity index (χ0v) is 11.3. The minimum atomic E-state index is 0.170. The van der Waals surface area contributed by atoms with Crippen LogP contribution in [0.2, 0.25) is 0 Å². The summed E-state index contributed by atoms with van der Waals surface area (Å²) in [6, 6.07) is 5.91. The van der Waals surface area contributed by atoms with Crippen LogP contribution in [0.15, 0.2) is 24.4 Å². The van der Waals surface area contributed by atoms with Crippen molar-refractivity contribution in [3.63, 3.8) is 0 Å². The molecule has 0 aliphatic heterocycles. The predicted octanol–water partition coefficient (Wildman–Crippen LogP) is 1.21. The fourth-order valence-corrected chi connectivity index (χ4v) is 1.74. The minimum absolute atomic E-state index is 0.170. The summed E-state index contributed by atoms with van der Waals surface area (Å²) in [5.74, 6) is 0.946. The monoisotopic (exact) mass is 247 g/mol. The molecule has 0 unspecified atom stereocenters. The van der Waals surface area contributed by atoms with Crippen molar-refractivity contribution in [2.24, 2.45) is 0 Å². The molecule has 0 amide bonds. The Hall–Kier alpha value is -1.46. The second-order valence-corrected chi connectivity index (χ2v) is 5.40. The maximum absolute atomic E-state index is 4.17. The van der Waals surface area contributed by atoms with Crippen molar-refractivity contribution < 1.29 is 0 Å². The second-order valence-electron chi connectivity index (χ2n) is 5.40. The largest absolute Gasteiger partial charge is 0.311 e. The van der Waals surface area contributed by atoms with Crippen LogP contribution in [0.3, 0.4) is 0 Å². The lowest BCUT2D eigenvalue weighted by Crippen LogP contribution is -2.40. The van der Waals surface area contributed by atoms with Crippen molar-refractivity contribution >= 4 is 5.65 Å². The summed E-state index contributed by atoms with van der Waals surface area (Å²) < 4.78 is 2.00. The van der Waals surface area contributed by atoms with Crippen molar-refractivity contribution in [1.82, 2.24) is 25.2 Å². The van der Waals surface area contributed by atoms with Crippen LogP contribution in [-0.2, 0) is 6.54 Å². The number of pyridine rings is 1. The summed E-state index contributed by atoms with van der Waals surface area (Å²) in [6.07, 6.45) is 1.99.